The number of aromatic nitrogens is 1. The Hall–Kier alpha value is -4.64. The normalized spacial score (nSPS) is 32.4. The number of hydrogen-bond acceptors (Lipinski definition) is 14. The third-order valence-corrected chi connectivity index (χ3v) is 20.9. The van der Waals surface area contributed by atoms with Crippen LogP contribution >= 0.6 is 0 Å². The molecule has 0 radical (unpaired) electrons. The number of amides is 3. The Labute approximate surface area is 486 Å². The highest BCUT2D eigenvalue weighted by Crippen LogP contribution is 2.47. The summed E-state index contributed by atoms with van der Waals surface area (Å²) in [7, 11) is 1.60. The first kappa shape index (κ1) is 57.4. The SMILES string of the molecule is CO[C@@H](C)C1=C(c2c3c4cc(ccc4n2CC(F)(F)F)N2CCO[C@@H](C[C@H](NC(=O)[C@H](C4CCCC4)N4CC[C@]5(CCN(C(=O)[C@@H]6N[C@@H]6C6CC6)C5)C4)C(=O)N4CCC[C@H](N4)C(=O)OCC(C)(C)C3)C2)CC(N2CCN(C3CC3)CC2)C=N1. The van der Waals surface area contributed by atoms with Crippen LogP contribution in [0.25, 0.3) is 16.5 Å². The topological polar surface area (TPSA) is 179 Å². The predicted octanol–water partition coefficient (Wildman–Crippen LogP) is 5.51. The van der Waals surface area contributed by atoms with E-state index in [1.54, 1.807) is 7.11 Å². The van der Waals surface area contributed by atoms with Crippen molar-refractivity contribution in [3.8, 4) is 0 Å². The Kier molecular flexibility index (Phi) is 15.8. The lowest BCUT2D eigenvalue weighted by molar-refractivity contribution is -0.156. The van der Waals surface area contributed by atoms with Gasteiger partial charge in [-0.15, -0.1) is 0 Å². The number of hydrogen-bond donors (Lipinski definition) is 3. The summed E-state index contributed by atoms with van der Waals surface area (Å²) in [6.07, 6.45) is 8.77. The first-order valence-electron chi connectivity index (χ1n) is 31.6. The number of ether oxygens (including phenoxy) is 3. The molecule has 9 heterocycles. The van der Waals surface area contributed by atoms with Crippen LogP contribution in [0, 0.1) is 22.7 Å². The van der Waals surface area contributed by atoms with Crippen molar-refractivity contribution in [2.75, 3.05) is 97.2 Å². The summed E-state index contributed by atoms with van der Waals surface area (Å²) in [6, 6.07) is 4.20. The molecule has 454 valence electrons. The molecule has 1 spiro atoms. The van der Waals surface area contributed by atoms with Gasteiger partial charge >= 0.3 is 12.1 Å². The maximum atomic E-state index is 15.3. The lowest BCUT2D eigenvalue weighted by atomic mass is 9.83. The molecule has 2 aromatic rings. The van der Waals surface area contributed by atoms with Gasteiger partial charge in [-0.3, -0.25) is 49.2 Å². The van der Waals surface area contributed by atoms with Gasteiger partial charge in [0.1, 0.15) is 24.7 Å². The van der Waals surface area contributed by atoms with Crippen molar-refractivity contribution in [2.24, 2.45) is 27.7 Å². The molecule has 1 unspecified atom stereocenters. The van der Waals surface area contributed by atoms with Crippen molar-refractivity contribution in [1.29, 1.82) is 0 Å². The van der Waals surface area contributed by atoms with Crippen molar-refractivity contribution in [3.63, 3.8) is 0 Å². The first-order valence-corrected chi connectivity index (χ1v) is 31.6. The molecule has 83 heavy (non-hydrogen) atoms. The predicted molar refractivity (Wildman–Crippen MR) is 308 cm³/mol. The lowest BCUT2D eigenvalue weighted by Gasteiger charge is -2.40. The van der Waals surface area contributed by atoms with Gasteiger partial charge in [-0.2, -0.15) is 13.2 Å². The molecule has 11 aliphatic rings. The van der Waals surface area contributed by atoms with Crippen molar-refractivity contribution in [3.05, 3.63) is 35.2 Å². The standard InChI is InChI=1S/C62H88F3N11O7/c1-38(81-4)51-46(29-43(32-66-51)71-24-22-70(23-25-71)41-13-14-41)55-47-31-60(2,3)37-83-59(80)48-10-7-19-76(69-48)57(78)49(30-44-33-72(26-27-82-44)42-15-16-50(45(47)28-42)75(55)36-62(63,64)65)67-56(77)54(40-8-5-6-9-40)73-20-17-61(34-73)18-21-74(35-61)58(79)53-52(68-53)39-11-12-39/h15-16,28,32,38-41,43-44,48-49,52-54,68-69H,5-14,17-27,29-31,33-37H2,1-4H3,(H,67,77)/t38-,43?,44-,48-,49-,52+,53+,54-,61-/m0/s1. The van der Waals surface area contributed by atoms with Crippen LogP contribution < -0.4 is 21.0 Å². The van der Waals surface area contributed by atoms with Crippen LogP contribution in [0.1, 0.15) is 122 Å². The van der Waals surface area contributed by atoms with Crippen molar-refractivity contribution >= 4 is 52.1 Å². The molecule has 9 fully saturated rings. The van der Waals surface area contributed by atoms with Crippen LogP contribution in [0.4, 0.5) is 18.9 Å². The number of carbonyl (C=O) groups is 4. The summed E-state index contributed by atoms with van der Waals surface area (Å²) in [5.41, 5.74) is 6.16. The van der Waals surface area contributed by atoms with Gasteiger partial charge in [-0.25, -0.2) is 5.43 Å². The number of piperazine rings is 1. The molecule has 13 rings (SSSR count). The summed E-state index contributed by atoms with van der Waals surface area (Å²) < 4.78 is 66.0. The Morgan fingerprint density at radius 3 is 2.45 bits per heavy atom. The van der Waals surface area contributed by atoms with Crippen LogP contribution in [0.2, 0.25) is 0 Å². The molecule has 18 nitrogen and oxygen atoms in total. The number of rotatable bonds is 12. The fourth-order valence-corrected chi connectivity index (χ4v) is 16.0. The van der Waals surface area contributed by atoms with Crippen molar-refractivity contribution in [2.45, 2.75) is 184 Å². The van der Waals surface area contributed by atoms with E-state index in [0.717, 1.165) is 94.6 Å². The van der Waals surface area contributed by atoms with Crippen LogP contribution in [-0.2, 0) is 46.4 Å². The summed E-state index contributed by atoms with van der Waals surface area (Å²) in [5, 5.41) is 8.95. The van der Waals surface area contributed by atoms with Gasteiger partial charge < -0.3 is 33.9 Å². The van der Waals surface area contributed by atoms with E-state index in [2.05, 4.69) is 40.6 Å². The van der Waals surface area contributed by atoms with E-state index in [1.807, 2.05) is 45.2 Å². The molecule has 3 saturated carbocycles. The number of halogens is 3. The molecule has 3 N–H and O–H groups in total. The number of anilines is 1. The summed E-state index contributed by atoms with van der Waals surface area (Å²) >= 11 is 0. The minimum Gasteiger partial charge on any atom is -0.464 e. The summed E-state index contributed by atoms with van der Waals surface area (Å²) in [5.74, 6) is -0.0859. The highest BCUT2D eigenvalue weighted by atomic mass is 19.4. The summed E-state index contributed by atoms with van der Waals surface area (Å²) in [4.78, 5) is 75.1. The van der Waals surface area contributed by atoms with E-state index < -0.39 is 54.4 Å². The maximum Gasteiger partial charge on any atom is 0.406 e. The van der Waals surface area contributed by atoms with Gasteiger partial charge in [-0.05, 0) is 126 Å². The molecular formula is C62H88F3N11O7. The molecule has 6 saturated heterocycles. The number of fused-ring (bicyclic) bond motifs is 6. The largest absolute Gasteiger partial charge is 0.464 e. The number of likely N-dealkylation sites (tertiary alicyclic amines) is 2. The molecular weight excluding hydrogens is 1070 g/mol. The van der Waals surface area contributed by atoms with Gasteiger partial charge in [0, 0.05) is 136 Å². The molecule has 8 aliphatic heterocycles. The van der Waals surface area contributed by atoms with E-state index in [0.29, 0.717) is 98.9 Å². The van der Waals surface area contributed by atoms with Crippen LogP contribution in [0.5, 0.6) is 0 Å². The average Bonchev–Trinajstić information content (AvgIpc) is 4.39. The van der Waals surface area contributed by atoms with Crippen molar-refractivity contribution < 1.29 is 46.6 Å². The number of nitrogens with zero attached hydrogens (tertiary/aromatic N) is 8. The number of alkyl halides is 3. The van der Waals surface area contributed by atoms with Gasteiger partial charge in [0.25, 0.3) is 5.91 Å². The monoisotopic (exact) mass is 1160 g/mol. The van der Waals surface area contributed by atoms with Crippen LogP contribution in [0.3, 0.4) is 0 Å². The van der Waals surface area contributed by atoms with Crippen molar-refractivity contribution in [1.82, 2.24) is 45.2 Å². The molecule has 1 aromatic heterocycles. The number of nitrogens with one attached hydrogen (secondary N) is 3. The van der Waals surface area contributed by atoms with E-state index in [-0.39, 0.29) is 60.6 Å². The number of morpholine rings is 1. The minimum absolute atomic E-state index is 0.0351. The maximum absolute atomic E-state index is 15.3. The summed E-state index contributed by atoms with van der Waals surface area (Å²) in [6.45, 7) is 12.6. The minimum atomic E-state index is -4.57. The molecule has 3 aliphatic carbocycles. The zero-order valence-electron chi connectivity index (χ0n) is 49.2. The highest BCUT2D eigenvalue weighted by molar-refractivity contribution is 5.95. The lowest BCUT2D eigenvalue weighted by Crippen LogP contribution is -2.62. The second-order valence-electron chi connectivity index (χ2n) is 27.5. The zero-order chi connectivity index (χ0) is 57.5. The molecule has 1 aromatic carbocycles. The van der Waals surface area contributed by atoms with Crippen LogP contribution in [-0.4, -0.2) is 212 Å². The molecule has 9 atom stereocenters. The number of cyclic esters (lactones) is 1. The van der Waals surface area contributed by atoms with Gasteiger partial charge in [-0.1, -0.05) is 26.7 Å². The van der Waals surface area contributed by atoms with E-state index in [4.69, 9.17) is 19.2 Å². The number of hydrazine groups is 1. The highest BCUT2D eigenvalue weighted by Gasteiger charge is 2.55. The molecule has 6 bridgehead atoms. The number of benzene rings is 1. The van der Waals surface area contributed by atoms with E-state index >= 15 is 22.8 Å². The zero-order valence-corrected chi connectivity index (χ0v) is 49.2. The van der Waals surface area contributed by atoms with Gasteiger partial charge in [0.2, 0.25) is 11.8 Å². The smallest absolute Gasteiger partial charge is 0.406 e. The Balaban J connectivity index is 0.817. The first-order chi connectivity index (χ1) is 39.9. The fraction of sp³-hybridized carbons (Fsp3) is 0.758. The molecule has 21 heteroatoms. The number of aliphatic imine (C=N–C) groups is 1. The Morgan fingerprint density at radius 2 is 1.70 bits per heavy atom. The second kappa shape index (κ2) is 22.9. The number of methoxy groups -OCH3 is 1. The Morgan fingerprint density at radius 1 is 0.928 bits per heavy atom. The van der Waals surface area contributed by atoms with Gasteiger partial charge in [0.15, 0.2) is 0 Å². The van der Waals surface area contributed by atoms with E-state index in [1.165, 1.54) is 35.3 Å². The fourth-order valence-electron chi connectivity index (χ4n) is 16.0. The third kappa shape index (κ3) is 12.1. The number of esters is 1. The molecule has 3 amide bonds. The third-order valence-electron chi connectivity index (χ3n) is 20.9. The van der Waals surface area contributed by atoms with Crippen LogP contribution in [0.15, 0.2) is 28.9 Å². The average molecular weight is 1160 g/mol. The number of carbonyl (C=O) groups excluding carboxylic acids is 4. The second-order valence-corrected chi connectivity index (χ2v) is 27.5. The Bertz CT molecular complexity index is 2860. The van der Waals surface area contributed by atoms with Gasteiger partial charge in [0.05, 0.1) is 42.9 Å². The van der Waals surface area contributed by atoms with E-state index in [9.17, 15) is 9.59 Å². The quantitative estimate of drug-likeness (QED) is 0.179.